The topological polar surface area (TPSA) is 55.4 Å². The third-order valence-corrected chi connectivity index (χ3v) is 4.04. The summed E-state index contributed by atoms with van der Waals surface area (Å²) in [5, 5.41) is 2.66. The number of para-hydroxylation sites is 1. The first-order valence-corrected chi connectivity index (χ1v) is 7.86. The highest BCUT2D eigenvalue weighted by atomic mass is 32.2. The van der Waals surface area contributed by atoms with E-state index in [-0.39, 0.29) is 18.8 Å². The van der Waals surface area contributed by atoms with E-state index in [4.69, 9.17) is 4.74 Å². The van der Waals surface area contributed by atoms with E-state index < -0.39 is 20.2 Å². The number of alkyl halides is 3. The molecule has 21 heavy (non-hydrogen) atoms. The molecule has 0 saturated heterocycles. The van der Waals surface area contributed by atoms with Gasteiger partial charge in [0, 0.05) is 13.2 Å². The molecular formula is C13H18F3NO3S. The second-order valence-electron chi connectivity index (χ2n) is 4.84. The van der Waals surface area contributed by atoms with E-state index in [2.05, 4.69) is 5.32 Å². The monoisotopic (exact) mass is 325 g/mol. The number of anilines is 1. The van der Waals surface area contributed by atoms with Crippen molar-refractivity contribution < 1.29 is 26.3 Å². The van der Waals surface area contributed by atoms with Crippen LogP contribution in [0, 0.1) is 5.92 Å². The summed E-state index contributed by atoms with van der Waals surface area (Å²) < 4.78 is 66.0. The molecule has 0 atom stereocenters. The molecule has 0 aromatic heterocycles. The van der Waals surface area contributed by atoms with E-state index in [0.29, 0.717) is 12.5 Å². The summed E-state index contributed by atoms with van der Waals surface area (Å²) in [5.74, 6) is 0.350. The van der Waals surface area contributed by atoms with Crippen molar-refractivity contribution in [3.63, 3.8) is 0 Å². The lowest BCUT2D eigenvalue weighted by atomic mass is 10.2. The SMILES string of the molecule is CC(C)COCCNc1ccccc1S(=O)(=O)C(F)(F)F. The molecule has 120 valence electrons. The summed E-state index contributed by atoms with van der Waals surface area (Å²) in [6.45, 7) is 4.97. The highest BCUT2D eigenvalue weighted by molar-refractivity contribution is 7.92. The Kier molecular flexibility index (Phi) is 6.03. The average Bonchev–Trinajstić information content (AvgIpc) is 2.37. The minimum atomic E-state index is -5.37. The fourth-order valence-electron chi connectivity index (χ4n) is 1.55. The van der Waals surface area contributed by atoms with Crippen molar-refractivity contribution in [2.45, 2.75) is 24.3 Å². The van der Waals surface area contributed by atoms with Crippen molar-refractivity contribution in [1.82, 2.24) is 0 Å². The predicted molar refractivity (Wildman–Crippen MR) is 73.8 cm³/mol. The van der Waals surface area contributed by atoms with Gasteiger partial charge in [-0.2, -0.15) is 13.2 Å². The molecule has 0 bridgehead atoms. The van der Waals surface area contributed by atoms with Crippen LogP contribution in [0.25, 0.3) is 0 Å². The number of nitrogens with one attached hydrogen (secondary N) is 1. The lowest BCUT2D eigenvalue weighted by molar-refractivity contribution is -0.0435. The Morgan fingerprint density at radius 3 is 2.43 bits per heavy atom. The van der Waals surface area contributed by atoms with Crippen LogP contribution in [0.15, 0.2) is 29.2 Å². The molecule has 0 spiro atoms. The molecule has 0 unspecified atom stereocenters. The largest absolute Gasteiger partial charge is 0.501 e. The third-order valence-electron chi connectivity index (χ3n) is 2.49. The van der Waals surface area contributed by atoms with Gasteiger partial charge in [0.1, 0.15) is 0 Å². The van der Waals surface area contributed by atoms with Crippen molar-refractivity contribution in [2.75, 3.05) is 25.1 Å². The van der Waals surface area contributed by atoms with Crippen molar-refractivity contribution in [2.24, 2.45) is 5.92 Å². The van der Waals surface area contributed by atoms with E-state index in [1.165, 1.54) is 18.2 Å². The molecule has 1 aromatic carbocycles. The fourth-order valence-corrected chi connectivity index (χ4v) is 2.49. The van der Waals surface area contributed by atoms with Crippen LogP contribution in [-0.4, -0.2) is 33.7 Å². The molecular weight excluding hydrogens is 307 g/mol. The molecule has 0 radical (unpaired) electrons. The van der Waals surface area contributed by atoms with E-state index >= 15 is 0 Å². The first kappa shape index (κ1) is 17.8. The van der Waals surface area contributed by atoms with Gasteiger partial charge in [0.25, 0.3) is 9.84 Å². The van der Waals surface area contributed by atoms with Crippen LogP contribution < -0.4 is 5.32 Å². The molecule has 4 nitrogen and oxygen atoms in total. The van der Waals surface area contributed by atoms with Gasteiger partial charge in [0.05, 0.1) is 17.2 Å². The second-order valence-corrected chi connectivity index (χ2v) is 6.75. The Hall–Kier alpha value is -1.28. The Labute approximate surface area is 122 Å². The van der Waals surface area contributed by atoms with Crippen LogP contribution in [0.1, 0.15) is 13.8 Å². The minimum absolute atomic E-state index is 0.0806. The van der Waals surface area contributed by atoms with Gasteiger partial charge in [0.15, 0.2) is 0 Å². The van der Waals surface area contributed by atoms with Gasteiger partial charge in [-0.3, -0.25) is 0 Å². The first-order chi connectivity index (χ1) is 9.66. The number of hydrogen-bond acceptors (Lipinski definition) is 4. The van der Waals surface area contributed by atoms with E-state index in [1.54, 1.807) is 0 Å². The maximum atomic E-state index is 12.6. The minimum Gasteiger partial charge on any atom is -0.382 e. The molecule has 1 N–H and O–H groups in total. The van der Waals surface area contributed by atoms with Gasteiger partial charge >= 0.3 is 5.51 Å². The van der Waals surface area contributed by atoms with Gasteiger partial charge in [-0.25, -0.2) is 8.42 Å². The zero-order chi connectivity index (χ0) is 16.1. The van der Waals surface area contributed by atoms with Crippen LogP contribution in [0.4, 0.5) is 18.9 Å². The van der Waals surface area contributed by atoms with Crippen molar-refractivity contribution in [3.8, 4) is 0 Å². The molecule has 0 heterocycles. The Morgan fingerprint density at radius 1 is 1.24 bits per heavy atom. The maximum Gasteiger partial charge on any atom is 0.501 e. The van der Waals surface area contributed by atoms with Crippen molar-refractivity contribution in [3.05, 3.63) is 24.3 Å². The molecule has 1 rings (SSSR count). The summed E-state index contributed by atoms with van der Waals surface area (Å²) in [5.41, 5.74) is -5.40. The molecule has 8 heteroatoms. The molecule has 0 amide bonds. The lowest BCUT2D eigenvalue weighted by Crippen LogP contribution is -2.24. The first-order valence-electron chi connectivity index (χ1n) is 6.38. The molecule has 0 fully saturated rings. The van der Waals surface area contributed by atoms with Gasteiger partial charge < -0.3 is 10.1 Å². The Morgan fingerprint density at radius 2 is 1.86 bits per heavy atom. The standard InChI is InChI=1S/C13H18F3NO3S/c1-10(2)9-20-8-7-17-11-5-3-4-6-12(11)21(18,19)13(14,15)16/h3-6,10,17H,7-9H2,1-2H3. The zero-order valence-corrected chi connectivity index (χ0v) is 12.6. The highest BCUT2D eigenvalue weighted by Gasteiger charge is 2.47. The van der Waals surface area contributed by atoms with Crippen molar-refractivity contribution >= 4 is 15.5 Å². The number of sulfone groups is 1. The van der Waals surface area contributed by atoms with Crippen molar-refractivity contribution in [1.29, 1.82) is 0 Å². The van der Waals surface area contributed by atoms with Crippen LogP contribution in [-0.2, 0) is 14.6 Å². The second kappa shape index (κ2) is 7.13. The number of rotatable bonds is 7. The number of halogens is 3. The number of benzene rings is 1. The van der Waals surface area contributed by atoms with Crippen LogP contribution >= 0.6 is 0 Å². The average molecular weight is 325 g/mol. The summed E-state index contributed by atoms with van der Waals surface area (Å²) >= 11 is 0. The van der Waals surface area contributed by atoms with E-state index in [0.717, 1.165) is 6.07 Å². The predicted octanol–water partition coefficient (Wildman–Crippen LogP) is 3.06. The molecule has 0 saturated carbocycles. The van der Waals surface area contributed by atoms with E-state index in [1.807, 2.05) is 13.8 Å². The normalized spacial score (nSPS) is 12.7. The van der Waals surface area contributed by atoms with Crippen LogP contribution in [0.2, 0.25) is 0 Å². The number of ether oxygens (including phenoxy) is 1. The quantitative estimate of drug-likeness (QED) is 0.783. The fraction of sp³-hybridized carbons (Fsp3) is 0.538. The van der Waals surface area contributed by atoms with Gasteiger partial charge in [-0.15, -0.1) is 0 Å². The smallest absolute Gasteiger partial charge is 0.382 e. The lowest BCUT2D eigenvalue weighted by Gasteiger charge is -2.14. The summed E-state index contributed by atoms with van der Waals surface area (Å²) in [7, 11) is -5.37. The van der Waals surface area contributed by atoms with Gasteiger partial charge in [-0.1, -0.05) is 26.0 Å². The Bertz CT molecular complexity index is 556. The van der Waals surface area contributed by atoms with E-state index in [9.17, 15) is 21.6 Å². The maximum absolute atomic E-state index is 12.6. The zero-order valence-electron chi connectivity index (χ0n) is 11.8. The molecule has 0 aliphatic carbocycles. The molecule has 1 aromatic rings. The third kappa shape index (κ3) is 4.89. The van der Waals surface area contributed by atoms with Gasteiger partial charge in [0.2, 0.25) is 0 Å². The highest BCUT2D eigenvalue weighted by Crippen LogP contribution is 2.34. The van der Waals surface area contributed by atoms with Crippen LogP contribution in [0.5, 0.6) is 0 Å². The number of hydrogen-bond donors (Lipinski definition) is 1. The summed E-state index contributed by atoms with van der Waals surface area (Å²) in [6.07, 6.45) is 0. The molecule has 0 aliphatic heterocycles. The summed E-state index contributed by atoms with van der Waals surface area (Å²) in [4.78, 5) is -0.777. The summed E-state index contributed by atoms with van der Waals surface area (Å²) in [6, 6.07) is 4.94. The Balaban J connectivity index is 2.77. The molecule has 0 aliphatic rings. The van der Waals surface area contributed by atoms with Gasteiger partial charge in [-0.05, 0) is 18.1 Å². The van der Waals surface area contributed by atoms with Crippen LogP contribution in [0.3, 0.4) is 0 Å².